The molecule has 0 aromatic heterocycles. The number of esters is 1. The van der Waals surface area contributed by atoms with E-state index < -0.39 is 5.41 Å². The molecule has 0 N–H and O–H groups in total. The van der Waals surface area contributed by atoms with E-state index >= 15 is 0 Å². The van der Waals surface area contributed by atoms with Gasteiger partial charge in [0, 0.05) is 6.42 Å². The van der Waals surface area contributed by atoms with Crippen LogP contribution < -0.4 is 0 Å². The van der Waals surface area contributed by atoms with Gasteiger partial charge < -0.3 is 4.74 Å². The van der Waals surface area contributed by atoms with Gasteiger partial charge in [-0.15, -0.1) is 0 Å². The molecule has 3 aliphatic carbocycles. The van der Waals surface area contributed by atoms with Gasteiger partial charge >= 0.3 is 5.97 Å². The van der Waals surface area contributed by atoms with Crippen LogP contribution in [0.4, 0.5) is 0 Å². The molecular weight excluding hydrogens is 276 g/mol. The SMILES string of the molecule is CC(C)[C@H]1CC[C@@H](C)C[C@@H]1OC(=O)[C@@]12C(=O)CC[C@@H]1C2(C)C. The van der Waals surface area contributed by atoms with E-state index in [0.717, 1.165) is 19.3 Å². The Morgan fingerprint density at radius 2 is 1.91 bits per heavy atom. The highest BCUT2D eigenvalue weighted by Crippen LogP contribution is 2.75. The van der Waals surface area contributed by atoms with Crippen LogP contribution in [0.15, 0.2) is 0 Å². The first kappa shape index (κ1) is 16.0. The molecule has 0 aromatic carbocycles. The summed E-state index contributed by atoms with van der Waals surface area (Å²) in [6.07, 6.45) is 4.70. The molecule has 0 spiro atoms. The summed E-state index contributed by atoms with van der Waals surface area (Å²) in [4.78, 5) is 25.4. The minimum atomic E-state index is -0.810. The van der Waals surface area contributed by atoms with E-state index in [4.69, 9.17) is 4.74 Å². The maximum atomic E-state index is 12.9. The first-order valence-electron chi connectivity index (χ1n) is 8.97. The third-order valence-electron chi connectivity index (χ3n) is 6.97. The molecule has 3 heteroatoms. The van der Waals surface area contributed by atoms with Crippen molar-refractivity contribution in [1.29, 1.82) is 0 Å². The van der Waals surface area contributed by atoms with Crippen molar-refractivity contribution in [3.05, 3.63) is 0 Å². The van der Waals surface area contributed by atoms with Crippen molar-refractivity contribution >= 4 is 11.8 Å². The second-order valence-electron chi connectivity index (χ2n) is 8.81. The molecule has 0 aromatic rings. The van der Waals surface area contributed by atoms with Gasteiger partial charge in [-0.3, -0.25) is 9.59 Å². The lowest BCUT2D eigenvalue weighted by Gasteiger charge is -2.37. The average molecular weight is 306 g/mol. The molecule has 3 rings (SSSR count). The van der Waals surface area contributed by atoms with E-state index in [1.54, 1.807) is 0 Å². The normalized spacial score (nSPS) is 43.1. The molecule has 0 amide bonds. The predicted octanol–water partition coefficient (Wildman–Crippen LogP) is 4.00. The van der Waals surface area contributed by atoms with Crippen LogP contribution in [0.2, 0.25) is 0 Å². The Bertz CT molecular complexity index is 493. The fraction of sp³-hybridized carbons (Fsp3) is 0.895. The van der Waals surface area contributed by atoms with Crippen molar-refractivity contribution in [1.82, 2.24) is 0 Å². The van der Waals surface area contributed by atoms with Crippen molar-refractivity contribution in [2.75, 3.05) is 0 Å². The fourth-order valence-electron chi connectivity index (χ4n) is 5.47. The summed E-state index contributed by atoms with van der Waals surface area (Å²) >= 11 is 0. The van der Waals surface area contributed by atoms with Gasteiger partial charge in [0.25, 0.3) is 0 Å². The minimum absolute atomic E-state index is 0.00363. The summed E-state index contributed by atoms with van der Waals surface area (Å²) in [6, 6.07) is 0. The number of Topliss-reactive ketones (excluding diaryl/α,β-unsaturated/α-hetero) is 1. The molecule has 3 fully saturated rings. The number of hydrogen-bond donors (Lipinski definition) is 0. The molecule has 3 aliphatic rings. The Morgan fingerprint density at radius 3 is 2.45 bits per heavy atom. The van der Waals surface area contributed by atoms with E-state index in [-0.39, 0.29) is 29.2 Å². The maximum Gasteiger partial charge on any atom is 0.320 e. The van der Waals surface area contributed by atoms with Gasteiger partial charge in [-0.25, -0.2) is 0 Å². The van der Waals surface area contributed by atoms with Gasteiger partial charge in [0.15, 0.2) is 5.78 Å². The highest BCUT2D eigenvalue weighted by molar-refractivity contribution is 6.10. The summed E-state index contributed by atoms with van der Waals surface area (Å²) in [6.45, 7) is 10.8. The molecular formula is C19H30O3. The standard InChI is InChI=1S/C19H30O3/c1-11(2)13-7-6-12(3)10-14(13)22-17(21)19-15(18(19,4)5)8-9-16(19)20/h11-15H,6-10H2,1-5H3/t12-,13-,14+,15-,19+/m1/s1. The Kier molecular flexibility index (Phi) is 3.69. The van der Waals surface area contributed by atoms with Crippen LogP contribution in [0.25, 0.3) is 0 Å². The van der Waals surface area contributed by atoms with Gasteiger partial charge in [0.2, 0.25) is 0 Å². The van der Waals surface area contributed by atoms with E-state index in [1.165, 1.54) is 6.42 Å². The third kappa shape index (κ3) is 2.00. The van der Waals surface area contributed by atoms with Crippen molar-refractivity contribution < 1.29 is 14.3 Å². The molecule has 124 valence electrons. The predicted molar refractivity (Wildman–Crippen MR) is 85.2 cm³/mol. The zero-order chi connectivity index (χ0) is 16.3. The van der Waals surface area contributed by atoms with Crippen LogP contribution >= 0.6 is 0 Å². The number of carbonyl (C=O) groups excluding carboxylic acids is 2. The smallest absolute Gasteiger partial charge is 0.320 e. The highest BCUT2D eigenvalue weighted by Gasteiger charge is 2.82. The zero-order valence-corrected chi connectivity index (χ0v) is 14.6. The molecule has 0 unspecified atom stereocenters. The molecule has 0 bridgehead atoms. The molecule has 0 aliphatic heterocycles. The Hall–Kier alpha value is -0.860. The van der Waals surface area contributed by atoms with E-state index in [1.807, 2.05) is 0 Å². The molecule has 0 radical (unpaired) electrons. The van der Waals surface area contributed by atoms with E-state index in [9.17, 15) is 9.59 Å². The third-order valence-corrected chi connectivity index (χ3v) is 6.97. The highest BCUT2D eigenvalue weighted by atomic mass is 16.5. The van der Waals surface area contributed by atoms with Gasteiger partial charge in [0.1, 0.15) is 11.5 Å². The average Bonchev–Trinajstić information content (AvgIpc) is 2.72. The van der Waals surface area contributed by atoms with E-state index in [2.05, 4.69) is 34.6 Å². The first-order valence-corrected chi connectivity index (χ1v) is 8.97. The van der Waals surface area contributed by atoms with E-state index in [0.29, 0.717) is 24.2 Å². The molecule has 0 heterocycles. The lowest BCUT2D eigenvalue weighted by Crippen LogP contribution is -2.40. The number of carbonyl (C=O) groups is 2. The summed E-state index contributed by atoms with van der Waals surface area (Å²) in [7, 11) is 0. The van der Waals surface area contributed by atoms with Gasteiger partial charge in [-0.2, -0.15) is 0 Å². The zero-order valence-electron chi connectivity index (χ0n) is 14.6. The van der Waals surface area contributed by atoms with Crippen LogP contribution in [0, 0.1) is 34.5 Å². The lowest BCUT2D eigenvalue weighted by atomic mass is 9.75. The summed E-state index contributed by atoms with van der Waals surface area (Å²) in [5.41, 5.74) is -1.01. The summed E-state index contributed by atoms with van der Waals surface area (Å²) < 4.78 is 6.01. The van der Waals surface area contributed by atoms with Crippen LogP contribution in [0.1, 0.15) is 66.7 Å². The van der Waals surface area contributed by atoms with Crippen molar-refractivity contribution in [2.24, 2.45) is 34.5 Å². The van der Waals surface area contributed by atoms with Crippen LogP contribution in [-0.2, 0) is 14.3 Å². The topological polar surface area (TPSA) is 43.4 Å². The van der Waals surface area contributed by atoms with Crippen molar-refractivity contribution in [3.63, 3.8) is 0 Å². The molecule has 5 atom stereocenters. The Labute approximate surface area is 134 Å². The second-order valence-corrected chi connectivity index (χ2v) is 8.81. The van der Waals surface area contributed by atoms with Crippen molar-refractivity contribution in [3.8, 4) is 0 Å². The van der Waals surface area contributed by atoms with Crippen LogP contribution in [0.5, 0.6) is 0 Å². The number of ketones is 1. The maximum absolute atomic E-state index is 12.9. The summed E-state index contributed by atoms with van der Waals surface area (Å²) in [5.74, 6) is 1.68. The lowest BCUT2D eigenvalue weighted by molar-refractivity contribution is -0.166. The van der Waals surface area contributed by atoms with Gasteiger partial charge in [-0.1, -0.05) is 41.0 Å². The number of rotatable bonds is 3. The van der Waals surface area contributed by atoms with Crippen LogP contribution in [-0.4, -0.2) is 17.9 Å². The Morgan fingerprint density at radius 1 is 1.23 bits per heavy atom. The fourth-order valence-corrected chi connectivity index (χ4v) is 5.47. The van der Waals surface area contributed by atoms with Gasteiger partial charge in [-0.05, 0) is 48.3 Å². The number of hydrogen-bond acceptors (Lipinski definition) is 3. The molecule has 3 saturated carbocycles. The number of ether oxygens (including phenoxy) is 1. The second kappa shape index (κ2) is 5.07. The van der Waals surface area contributed by atoms with Crippen molar-refractivity contribution in [2.45, 2.75) is 72.8 Å². The van der Waals surface area contributed by atoms with Crippen LogP contribution in [0.3, 0.4) is 0 Å². The van der Waals surface area contributed by atoms with Gasteiger partial charge in [0.05, 0.1) is 0 Å². The Balaban J connectivity index is 1.77. The quantitative estimate of drug-likeness (QED) is 0.585. The minimum Gasteiger partial charge on any atom is -0.461 e. The first-order chi connectivity index (χ1) is 10.2. The largest absolute Gasteiger partial charge is 0.461 e. The molecule has 0 saturated heterocycles. The molecule has 22 heavy (non-hydrogen) atoms. The number of fused-ring (bicyclic) bond motifs is 1. The summed E-state index contributed by atoms with van der Waals surface area (Å²) in [5, 5.41) is 0. The molecule has 3 nitrogen and oxygen atoms in total. The monoisotopic (exact) mass is 306 g/mol.